The Balaban J connectivity index is 1.77. The zero-order valence-electron chi connectivity index (χ0n) is 10.1. The lowest BCUT2D eigenvalue weighted by atomic mass is 10.3. The van der Waals surface area contributed by atoms with E-state index in [2.05, 4.69) is 10.4 Å². The van der Waals surface area contributed by atoms with Gasteiger partial charge in [0.15, 0.2) is 6.10 Å². The predicted octanol–water partition coefficient (Wildman–Crippen LogP) is -0.324. The third kappa shape index (κ3) is 3.47. The molecule has 1 unspecified atom stereocenters. The number of hydrogen-bond acceptors (Lipinski definition) is 5. The van der Waals surface area contributed by atoms with E-state index in [1.807, 2.05) is 0 Å². The minimum absolute atomic E-state index is 0.0573. The number of rotatable bonds is 5. The summed E-state index contributed by atoms with van der Waals surface area (Å²) in [7, 11) is 0. The Hall–Kier alpha value is -2.05. The van der Waals surface area contributed by atoms with Crippen LogP contribution < -0.4 is 11.1 Å². The number of nitrogens with zero attached hydrogens (tertiary/aromatic N) is 2. The summed E-state index contributed by atoms with van der Waals surface area (Å²) in [6.45, 7) is 1.49. The number of ether oxygens (including phenoxy) is 1. The average molecular weight is 252 g/mol. The molecule has 3 N–H and O–H groups in total. The van der Waals surface area contributed by atoms with Crippen LogP contribution in [-0.4, -0.2) is 33.8 Å². The molecule has 7 heteroatoms. The summed E-state index contributed by atoms with van der Waals surface area (Å²) in [5.74, 6) is -0.440. The van der Waals surface area contributed by atoms with Gasteiger partial charge in [0.2, 0.25) is 0 Å². The average Bonchev–Trinajstić information content (AvgIpc) is 3.01. The Morgan fingerprint density at radius 1 is 1.67 bits per heavy atom. The Morgan fingerprint density at radius 2 is 2.39 bits per heavy atom. The lowest BCUT2D eigenvalue weighted by Gasteiger charge is -2.13. The monoisotopic (exact) mass is 252 g/mol. The van der Waals surface area contributed by atoms with Gasteiger partial charge in [0.1, 0.15) is 12.4 Å². The van der Waals surface area contributed by atoms with Crippen molar-refractivity contribution in [3.63, 3.8) is 0 Å². The Morgan fingerprint density at radius 3 is 2.94 bits per heavy atom. The predicted molar refractivity (Wildman–Crippen MR) is 63.4 cm³/mol. The number of esters is 1. The second kappa shape index (κ2) is 5.07. The van der Waals surface area contributed by atoms with Crippen molar-refractivity contribution in [1.82, 2.24) is 15.1 Å². The van der Waals surface area contributed by atoms with Crippen molar-refractivity contribution in [1.29, 1.82) is 0 Å². The maximum atomic E-state index is 11.6. The minimum Gasteiger partial charge on any atom is -0.451 e. The highest BCUT2D eigenvalue weighted by molar-refractivity contribution is 5.83. The number of nitrogens with one attached hydrogen (secondary N) is 1. The molecule has 0 radical (unpaired) electrons. The van der Waals surface area contributed by atoms with E-state index in [1.54, 1.807) is 19.2 Å². The smallest absolute Gasteiger partial charge is 0.328 e. The highest BCUT2D eigenvalue weighted by Gasteiger charge is 2.27. The van der Waals surface area contributed by atoms with Gasteiger partial charge in [-0.2, -0.15) is 5.10 Å². The molecule has 1 fully saturated rings. The molecule has 2 rings (SSSR count). The molecule has 7 nitrogen and oxygen atoms in total. The fraction of sp³-hybridized carbons (Fsp3) is 0.545. The number of carbonyl (C=O) groups excluding carboxylic acids is 2. The first-order chi connectivity index (χ1) is 8.54. The molecule has 98 valence electrons. The van der Waals surface area contributed by atoms with Crippen molar-refractivity contribution in [3.8, 4) is 0 Å². The zero-order valence-corrected chi connectivity index (χ0v) is 10.1. The van der Waals surface area contributed by atoms with Gasteiger partial charge in [0, 0.05) is 12.2 Å². The van der Waals surface area contributed by atoms with Gasteiger partial charge in [0.25, 0.3) is 5.91 Å². The number of aromatic nitrogens is 2. The summed E-state index contributed by atoms with van der Waals surface area (Å²) in [5, 5.41) is 6.62. The summed E-state index contributed by atoms with van der Waals surface area (Å²) in [5.41, 5.74) is 5.42. The molecule has 0 spiro atoms. The van der Waals surface area contributed by atoms with Crippen LogP contribution in [0.2, 0.25) is 0 Å². The third-order valence-corrected chi connectivity index (χ3v) is 2.55. The molecule has 0 aromatic carbocycles. The van der Waals surface area contributed by atoms with Crippen molar-refractivity contribution in [2.24, 2.45) is 0 Å². The van der Waals surface area contributed by atoms with E-state index in [4.69, 9.17) is 10.5 Å². The number of anilines is 1. The van der Waals surface area contributed by atoms with Crippen LogP contribution in [0.1, 0.15) is 19.8 Å². The van der Waals surface area contributed by atoms with E-state index in [1.165, 1.54) is 4.68 Å². The van der Waals surface area contributed by atoms with E-state index in [0.29, 0.717) is 5.82 Å². The largest absolute Gasteiger partial charge is 0.451 e. The van der Waals surface area contributed by atoms with Crippen LogP contribution in [0.4, 0.5) is 5.82 Å². The van der Waals surface area contributed by atoms with Crippen LogP contribution >= 0.6 is 0 Å². The van der Waals surface area contributed by atoms with E-state index in [9.17, 15) is 9.59 Å². The number of hydrogen-bond donors (Lipinski definition) is 2. The molecule has 0 aliphatic heterocycles. The number of amides is 1. The number of nitrogen functional groups attached to an aromatic ring is 1. The van der Waals surface area contributed by atoms with Crippen LogP contribution in [0.15, 0.2) is 12.3 Å². The topological polar surface area (TPSA) is 99.2 Å². The molecular formula is C11H16N4O3. The summed E-state index contributed by atoms with van der Waals surface area (Å²) >= 11 is 0. The Labute approximate surface area is 104 Å². The van der Waals surface area contributed by atoms with E-state index < -0.39 is 12.1 Å². The van der Waals surface area contributed by atoms with Crippen LogP contribution in [0, 0.1) is 0 Å². The van der Waals surface area contributed by atoms with Crippen molar-refractivity contribution >= 4 is 17.7 Å². The third-order valence-electron chi connectivity index (χ3n) is 2.55. The van der Waals surface area contributed by atoms with E-state index in [-0.39, 0.29) is 18.5 Å². The Bertz CT molecular complexity index is 453. The molecule has 1 amide bonds. The van der Waals surface area contributed by atoms with Crippen molar-refractivity contribution < 1.29 is 14.3 Å². The molecule has 1 aromatic heterocycles. The summed E-state index contributed by atoms with van der Waals surface area (Å²) < 4.78 is 6.37. The van der Waals surface area contributed by atoms with Crippen LogP contribution in [-0.2, 0) is 20.9 Å². The molecular weight excluding hydrogens is 236 g/mol. The van der Waals surface area contributed by atoms with Gasteiger partial charge in [-0.05, 0) is 25.8 Å². The van der Waals surface area contributed by atoms with Gasteiger partial charge < -0.3 is 15.8 Å². The zero-order chi connectivity index (χ0) is 13.1. The maximum absolute atomic E-state index is 11.6. The van der Waals surface area contributed by atoms with Gasteiger partial charge in [-0.15, -0.1) is 0 Å². The first-order valence-electron chi connectivity index (χ1n) is 5.83. The van der Waals surface area contributed by atoms with Crippen molar-refractivity contribution in [2.75, 3.05) is 5.73 Å². The van der Waals surface area contributed by atoms with Gasteiger partial charge in [-0.1, -0.05) is 0 Å². The van der Waals surface area contributed by atoms with Crippen molar-refractivity contribution in [2.45, 2.75) is 38.5 Å². The molecule has 1 aliphatic carbocycles. The maximum Gasteiger partial charge on any atom is 0.328 e. The quantitative estimate of drug-likeness (QED) is 0.699. The van der Waals surface area contributed by atoms with Crippen LogP contribution in [0.5, 0.6) is 0 Å². The Kier molecular flexibility index (Phi) is 3.50. The SMILES string of the molecule is CC(OC(=O)Cn1ccc(N)n1)C(=O)NC1CC1. The van der Waals surface area contributed by atoms with E-state index >= 15 is 0 Å². The molecule has 0 bridgehead atoms. The fourth-order valence-corrected chi connectivity index (χ4v) is 1.43. The fourth-order valence-electron chi connectivity index (χ4n) is 1.43. The number of carbonyl (C=O) groups is 2. The van der Waals surface area contributed by atoms with E-state index in [0.717, 1.165) is 12.8 Å². The van der Waals surface area contributed by atoms with Gasteiger partial charge in [0.05, 0.1) is 0 Å². The highest BCUT2D eigenvalue weighted by atomic mass is 16.5. The molecule has 1 heterocycles. The van der Waals surface area contributed by atoms with Gasteiger partial charge in [-0.3, -0.25) is 14.3 Å². The molecule has 18 heavy (non-hydrogen) atoms. The lowest BCUT2D eigenvalue weighted by Crippen LogP contribution is -2.37. The second-order valence-corrected chi connectivity index (χ2v) is 4.35. The second-order valence-electron chi connectivity index (χ2n) is 4.35. The normalized spacial score (nSPS) is 16.1. The van der Waals surface area contributed by atoms with Crippen LogP contribution in [0.3, 0.4) is 0 Å². The summed E-state index contributed by atoms with van der Waals surface area (Å²) in [6.07, 6.45) is 2.79. The standard InChI is InChI=1S/C11H16N4O3/c1-7(11(17)13-8-2-3-8)18-10(16)6-15-5-4-9(12)14-15/h4-5,7-8H,2-3,6H2,1H3,(H2,12,14)(H,13,17). The van der Waals surface area contributed by atoms with Crippen LogP contribution in [0.25, 0.3) is 0 Å². The van der Waals surface area contributed by atoms with Crippen molar-refractivity contribution in [3.05, 3.63) is 12.3 Å². The molecule has 1 aromatic rings. The summed E-state index contributed by atoms with van der Waals surface area (Å²) in [6, 6.07) is 1.83. The minimum atomic E-state index is -0.786. The highest BCUT2D eigenvalue weighted by Crippen LogP contribution is 2.18. The molecule has 1 atom stereocenters. The molecule has 1 saturated carbocycles. The number of nitrogens with two attached hydrogens (primary N) is 1. The van der Waals surface area contributed by atoms with Gasteiger partial charge in [-0.25, -0.2) is 0 Å². The molecule has 0 saturated heterocycles. The molecule has 1 aliphatic rings. The lowest BCUT2D eigenvalue weighted by molar-refractivity contribution is -0.155. The first-order valence-corrected chi connectivity index (χ1v) is 5.83. The summed E-state index contributed by atoms with van der Waals surface area (Å²) in [4.78, 5) is 23.1. The first kappa shape index (κ1) is 12.4. The van der Waals surface area contributed by atoms with Gasteiger partial charge >= 0.3 is 5.97 Å².